The number of nitrogens with zero attached hydrogens (tertiary/aromatic N) is 1. The number of likely N-dealkylation sites (N-methyl/N-ethyl adjacent to an activating group) is 1. The highest BCUT2D eigenvalue weighted by atomic mass is 16.5. The highest BCUT2D eigenvalue weighted by Gasteiger charge is 2.19. The average molecular weight is 186 g/mol. The lowest BCUT2D eigenvalue weighted by molar-refractivity contribution is 0.158. The maximum atomic E-state index is 5.43. The molecule has 0 aromatic heterocycles. The molecular weight excluding hydrogens is 164 g/mol. The molecule has 0 amide bonds. The third kappa shape index (κ3) is 4.07. The van der Waals surface area contributed by atoms with Crippen molar-refractivity contribution < 1.29 is 4.74 Å². The molecule has 1 saturated heterocycles. The van der Waals surface area contributed by atoms with Gasteiger partial charge in [-0.2, -0.15) is 0 Å². The molecule has 1 fully saturated rings. The molecule has 1 atom stereocenters. The molecule has 1 unspecified atom stereocenters. The molecule has 0 aromatic rings. The molecule has 1 heterocycles. The fourth-order valence-electron chi connectivity index (χ4n) is 1.73. The summed E-state index contributed by atoms with van der Waals surface area (Å²) in [6, 6.07) is 0.665. The largest absolute Gasteiger partial charge is 0.380 e. The number of hydrogen-bond acceptors (Lipinski definition) is 3. The van der Waals surface area contributed by atoms with Gasteiger partial charge < -0.3 is 15.4 Å². The van der Waals surface area contributed by atoms with Crippen molar-refractivity contribution in [2.75, 3.05) is 33.4 Å². The Morgan fingerprint density at radius 3 is 2.85 bits per heavy atom. The summed E-state index contributed by atoms with van der Waals surface area (Å²) >= 11 is 0. The van der Waals surface area contributed by atoms with Gasteiger partial charge in [-0.3, -0.25) is 0 Å². The van der Waals surface area contributed by atoms with Crippen LogP contribution in [0.25, 0.3) is 0 Å². The molecule has 1 aliphatic heterocycles. The van der Waals surface area contributed by atoms with Gasteiger partial charge in [0.05, 0.1) is 6.61 Å². The smallest absolute Gasteiger partial charge is 0.0622 e. The van der Waals surface area contributed by atoms with Crippen LogP contribution in [-0.4, -0.2) is 44.3 Å². The molecule has 1 aliphatic rings. The van der Waals surface area contributed by atoms with Crippen molar-refractivity contribution in [2.24, 2.45) is 5.73 Å². The van der Waals surface area contributed by atoms with Gasteiger partial charge in [0, 0.05) is 12.6 Å². The van der Waals surface area contributed by atoms with Crippen molar-refractivity contribution in [1.29, 1.82) is 0 Å². The van der Waals surface area contributed by atoms with Gasteiger partial charge in [-0.05, 0) is 39.4 Å². The second kappa shape index (κ2) is 6.35. The maximum absolute atomic E-state index is 5.43. The number of unbranched alkanes of at least 4 members (excludes halogenated alkanes) is 2. The predicted molar refractivity (Wildman–Crippen MR) is 54.8 cm³/mol. The molecule has 0 saturated carbocycles. The zero-order valence-electron chi connectivity index (χ0n) is 8.67. The van der Waals surface area contributed by atoms with Gasteiger partial charge in [0.1, 0.15) is 0 Å². The van der Waals surface area contributed by atoms with Crippen LogP contribution in [0.2, 0.25) is 0 Å². The van der Waals surface area contributed by atoms with Crippen molar-refractivity contribution in [3.63, 3.8) is 0 Å². The Labute approximate surface area is 81.2 Å². The lowest BCUT2D eigenvalue weighted by Crippen LogP contribution is -2.32. The summed E-state index contributed by atoms with van der Waals surface area (Å²) in [5.41, 5.74) is 5.43. The summed E-state index contributed by atoms with van der Waals surface area (Å²) in [6.45, 7) is 3.88. The monoisotopic (exact) mass is 186 g/mol. The van der Waals surface area contributed by atoms with E-state index < -0.39 is 0 Å². The topological polar surface area (TPSA) is 38.5 Å². The zero-order valence-corrected chi connectivity index (χ0v) is 8.67. The van der Waals surface area contributed by atoms with Gasteiger partial charge >= 0.3 is 0 Å². The third-order valence-electron chi connectivity index (χ3n) is 2.74. The van der Waals surface area contributed by atoms with E-state index in [-0.39, 0.29) is 0 Å². The van der Waals surface area contributed by atoms with Gasteiger partial charge in [0.2, 0.25) is 0 Å². The summed E-state index contributed by atoms with van der Waals surface area (Å²) < 4.78 is 5.34. The molecule has 3 nitrogen and oxygen atoms in total. The Hall–Kier alpha value is -0.120. The molecule has 0 radical (unpaired) electrons. The highest BCUT2D eigenvalue weighted by molar-refractivity contribution is 4.72. The van der Waals surface area contributed by atoms with Crippen LogP contribution in [-0.2, 0) is 4.74 Å². The minimum atomic E-state index is 0.665. The van der Waals surface area contributed by atoms with Crippen LogP contribution < -0.4 is 5.73 Å². The van der Waals surface area contributed by atoms with Crippen molar-refractivity contribution in [2.45, 2.75) is 31.7 Å². The molecule has 2 N–H and O–H groups in total. The summed E-state index contributed by atoms with van der Waals surface area (Å²) in [7, 11) is 2.20. The standard InChI is InChI=1S/C10H22N2O/c1-12(7-4-2-3-6-11)10-5-8-13-9-10/h10H,2-9,11H2,1H3. The van der Waals surface area contributed by atoms with Gasteiger partial charge in [-0.15, -0.1) is 0 Å². The number of rotatable bonds is 6. The van der Waals surface area contributed by atoms with E-state index >= 15 is 0 Å². The van der Waals surface area contributed by atoms with Crippen LogP contribution >= 0.6 is 0 Å². The first-order chi connectivity index (χ1) is 6.34. The minimum absolute atomic E-state index is 0.665. The van der Waals surface area contributed by atoms with Gasteiger partial charge in [0.15, 0.2) is 0 Å². The average Bonchev–Trinajstić information content (AvgIpc) is 2.65. The van der Waals surface area contributed by atoms with Gasteiger partial charge in [-0.25, -0.2) is 0 Å². The predicted octanol–water partition coefficient (Wildman–Crippen LogP) is 0.836. The molecule has 78 valence electrons. The van der Waals surface area contributed by atoms with Crippen LogP contribution in [0.3, 0.4) is 0 Å². The molecule has 0 aromatic carbocycles. The summed E-state index contributed by atoms with van der Waals surface area (Å²) in [5, 5.41) is 0. The fraction of sp³-hybridized carbons (Fsp3) is 1.00. The van der Waals surface area contributed by atoms with Crippen LogP contribution in [0, 0.1) is 0 Å². The minimum Gasteiger partial charge on any atom is -0.380 e. The second-order valence-corrected chi connectivity index (χ2v) is 3.85. The lowest BCUT2D eigenvalue weighted by Gasteiger charge is -2.22. The molecule has 13 heavy (non-hydrogen) atoms. The van der Waals surface area contributed by atoms with Crippen molar-refractivity contribution in [3.8, 4) is 0 Å². The normalized spacial score (nSPS) is 22.8. The van der Waals surface area contributed by atoms with Gasteiger partial charge in [0.25, 0.3) is 0 Å². The maximum Gasteiger partial charge on any atom is 0.0622 e. The molecule has 3 heteroatoms. The van der Waals surface area contributed by atoms with E-state index in [4.69, 9.17) is 10.5 Å². The Kier molecular flexibility index (Phi) is 5.35. The first-order valence-corrected chi connectivity index (χ1v) is 5.32. The van der Waals surface area contributed by atoms with E-state index in [1.165, 1.54) is 25.8 Å². The van der Waals surface area contributed by atoms with Crippen LogP contribution in [0.5, 0.6) is 0 Å². The number of ether oxygens (including phenoxy) is 1. The van der Waals surface area contributed by atoms with Crippen LogP contribution in [0.15, 0.2) is 0 Å². The Bertz CT molecular complexity index is 124. The van der Waals surface area contributed by atoms with E-state index in [1.807, 2.05) is 0 Å². The lowest BCUT2D eigenvalue weighted by atomic mass is 10.2. The summed E-state index contributed by atoms with van der Waals surface area (Å²) in [4.78, 5) is 2.42. The zero-order chi connectivity index (χ0) is 9.52. The van der Waals surface area contributed by atoms with Crippen molar-refractivity contribution >= 4 is 0 Å². The van der Waals surface area contributed by atoms with E-state index in [2.05, 4.69) is 11.9 Å². The number of hydrogen-bond donors (Lipinski definition) is 1. The van der Waals surface area contributed by atoms with Crippen LogP contribution in [0.1, 0.15) is 25.7 Å². The van der Waals surface area contributed by atoms with E-state index in [9.17, 15) is 0 Å². The Morgan fingerprint density at radius 2 is 2.23 bits per heavy atom. The van der Waals surface area contributed by atoms with Gasteiger partial charge in [-0.1, -0.05) is 6.42 Å². The van der Waals surface area contributed by atoms with E-state index in [0.29, 0.717) is 6.04 Å². The first kappa shape index (κ1) is 11.0. The quantitative estimate of drug-likeness (QED) is 0.625. The summed E-state index contributed by atoms with van der Waals surface area (Å²) in [6.07, 6.45) is 4.89. The SMILES string of the molecule is CN(CCCCCN)C1CCOC1. The van der Waals surface area contributed by atoms with E-state index in [0.717, 1.165) is 26.2 Å². The molecule has 0 bridgehead atoms. The van der Waals surface area contributed by atoms with E-state index in [1.54, 1.807) is 0 Å². The van der Waals surface area contributed by atoms with Crippen LogP contribution in [0.4, 0.5) is 0 Å². The molecule has 0 spiro atoms. The highest BCUT2D eigenvalue weighted by Crippen LogP contribution is 2.11. The number of nitrogens with two attached hydrogens (primary N) is 1. The summed E-state index contributed by atoms with van der Waals surface area (Å²) in [5.74, 6) is 0. The Balaban J connectivity index is 1.99. The molecule has 1 rings (SSSR count). The second-order valence-electron chi connectivity index (χ2n) is 3.85. The first-order valence-electron chi connectivity index (χ1n) is 5.32. The van der Waals surface area contributed by atoms with Crippen molar-refractivity contribution in [1.82, 2.24) is 4.90 Å². The van der Waals surface area contributed by atoms with Crippen molar-refractivity contribution in [3.05, 3.63) is 0 Å². The molecule has 0 aliphatic carbocycles. The fourth-order valence-corrected chi connectivity index (χ4v) is 1.73. The third-order valence-corrected chi connectivity index (χ3v) is 2.74. The molecular formula is C10H22N2O. The Morgan fingerprint density at radius 1 is 1.38 bits per heavy atom.